The second kappa shape index (κ2) is 15.5. The Balaban J connectivity index is 1.16. The van der Waals surface area contributed by atoms with E-state index in [4.69, 9.17) is 10.8 Å². The Morgan fingerprint density at radius 2 is 0.774 bits per heavy atom. The highest BCUT2D eigenvalue weighted by molar-refractivity contribution is 5.82. The van der Waals surface area contributed by atoms with Gasteiger partial charge in [0, 0.05) is 34.5 Å². The van der Waals surface area contributed by atoms with E-state index in [0.717, 1.165) is 67.9 Å². The maximum atomic E-state index is 8.25. The Hall–Kier alpha value is -7.04. The van der Waals surface area contributed by atoms with Crippen LogP contribution < -0.4 is 19.3 Å². The van der Waals surface area contributed by atoms with Crippen LogP contribution in [0.2, 0.25) is 0 Å². The third-order valence-electron chi connectivity index (χ3n) is 9.11. The fourth-order valence-electron chi connectivity index (χ4n) is 6.53. The normalized spacial score (nSPS) is 11.0. The Kier molecular flexibility index (Phi) is 9.31. The summed E-state index contributed by atoms with van der Waals surface area (Å²) in [7, 11) is 1.68. The highest BCUT2D eigenvalue weighted by atomic mass is 16.5. The summed E-state index contributed by atoms with van der Waals surface area (Å²) in [5.74, 6) is 2.27. The van der Waals surface area contributed by atoms with Gasteiger partial charge in [-0.25, -0.2) is 0 Å². The minimum absolute atomic E-state index is 0.459. The van der Waals surface area contributed by atoms with Gasteiger partial charge in [-0.15, -0.1) is 0 Å². The van der Waals surface area contributed by atoms with Crippen LogP contribution in [0, 0.1) is 0 Å². The zero-order valence-corrected chi connectivity index (χ0v) is 29.3. The van der Waals surface area contributed by atoms with Crippen molar-refractivity contribution in [2.45, 2.75) is 0 Å². The number of rotatable bonds is 11. The van der Waals surface area contributed by atoms with Gasteiger partial charge in [0.05, 0.1) is 14.2 Å². The molecule has 0 fully saturated rings. The van der Waals surface area contributed by atoms with E-state index < -0.39 is 0 Å². The fourth-order valence-corrected chi connectivity index (χ4v) is 6.53. The van der Waals surface area contributed by atoms with Gasteiger partial charge in [0.2, 0.25) is 0 Å². The Labute approximate surface area is 312 Å². The van der Waals surface area contributed by atoms with Crippen molar-refractivity contribution in [3.63, 3.8) is 0 Å². The Bertz CT molecular complexity index is 2440. The van der Waals surface area contributed by atoms with E-state index in [9.17, 15) is 0 Å². The molecule has 8 aromatic rings. The van der Waals surface area contributed by atoms with Crippen LogP contribution in [0.5, 0.6) is 17.2 Å². The predicted molar refractivity (Wildman–Crippen MR) is 220 cm³/mol. The maximum Gasteiger partial charge on any atom is 0.130 e. The molecular weight excluding hydrogens is 649 g/mol. The molecule has 0 saturated carbocycles. The van der Waals surface area contributed by atoms with Gasteiger partial charge < -0.3 is 19.3 Å². The minimum atomic E-state index is 0.459. The van der Waals surface area contributed by atoms with Gasteiger partial charge in [-0.3, -0.25) is 0 Å². The molecule has 0 amide bonds. The summed E-state index contributed by atoms with van der Waals surface area (Å²) in [6.07, 6.45) is 0. The van der Waals surface area contributed by atoms with Gasteiger partial charge in [-0.2, -0.15) is 0 Å². The van der Waals surface area contributed by atoms with E-state index in [1.807, 2.05) is 72.8 Å². The van der Waals surface area contributed by atoms with Gasteiger partial charge in [0.25, 0.3) is 0 Å². The summed E-state index contributed by atoms with van der Waals surface area (Å²) < 4.78 is 20.3. The second-order valence-electron chi connectivity index (χ2n) is 12.6. The number of para-hydroxylation sites is 3. The van der Waals surface area contributed by atoms with E-state index in [0.29, 0.717) is 11.8 Å². The Morgan fingerprint density at radius 1 is 0.340 bits per heavy atom. The first-order chi connectivity index (χ1) is 26.6. The molecule has 0 unspecified atom stereocenters. The Morgan fingerprint density at radius 3 is 1.34 bits per heavy atom. The topological polar surface area (TPSA) is 24.9 Å². The van der Waals surface area contributed by atoms with Crippen LogP contribution in [-0.4, -0.2) is 7.11 Å². The average molecular weight is 689 g/mol. The molecule has 0 aromatic heterocycles. The zero-order chi connectivity index (χ0) is 36.7. The number of benzene rings is 8. The van der Waals surface area contributed by atoms with Gasteiger partial charge in [0.15, 0.2) is 0 Å². The standard InChI is InChI=1S/C49H38N2O2/c1-52-47-30-24-39(25-31-47)38-22-26-44(27-23-38)51(43-20-12-5-13-21-43)46-34-40(37-14-6-2-7-15-37)35-49(36-46)53-48-32-28-45(29-33-48)50(41-16-8-3-9-17-41)42-18-10-4-11-19-42/h2-36H,1H3/i8T. The summed E-state index contributed by atoms with van der Waals surface area (Å²) in [5, 5.41) is 0. The molecule has 8 aromatic carbocycles. The summed E-state index contributed by atoms with van der Waals surface area (Å²) in [6.45, 7) is 0. The third kappa shape index (κ3) is 7.53. The van der Waals surface area contributed by atoms with Crippen LogP contribution in [0.15, 0.2) is 212 Å². The van der Waals surface area contributed by atoms with E-state index in [1.165, 1.54) is 0 Å². The van der Waals surface area contributed by atoms with Crippen LogP contribution in [0.4, 0.5) is 34.1 Å². The van der Waals surface area contributed by atoms with Crippen molar-refractivity contribution in [3.05, 3.63) is 212 Å². The monoisotopic (exact) mass is 688 g/mol. The first-order valence-corrected chi connectivity index (χ1v) is 17.6. The minimum Gasteiger partial charge on any atom is -0.497 e. The van der Waals surface area contributed by atoms with Crippen molar-refractivity contribution in [1.82, 2.24) is 0 Å². The smallest absolute Gasteiger partial charge is 0.130 e. The molecule has 0 radical (unpaired) electrons. The number of nitrogens with zero attached hydrogens (tertiary/aromatic N) is 2. The molecule has 53 heavy (non-hydrogen) atoms. The van der Waals surface area contributed by atoms with Crippen molar-refractivity contribution < 1.29 is 10.8 Å². The highest BCUT2D eigenvalue weighted by Gasteiger charge is 2.17. The summed E-state index contributed by atoms with van der Waals surface area (Å²) in [6, 6.07) is 70.4. The SMILES string of the molecule is [3H]c1cccc(N(c2ccccc2)c2ccc(Oc3cc(-c4ccccc4)cc(N(c4ccccc4)c4ccc(-c5ccc(OC)cc5)cc4)c3)cc2)c1. The third-order valence-corrected chi connectivity index (χ3v) is 9.11. The number of ether oxygens (including phenoxy) is 2. The van der Waals surface area contributed by atoms with Crippen molar-refractivity contribution >= 4 is 34.1 Å². The highest BCUT2D eigenvalue weighted by Crippen LogP contribution is 2.41. The molecule has 0 atom stereocenters. The molecule has 4 nitrogen and oxygen atoms in total. The van der Waals surface area contributed by atoms with Gasteiger partial charge in [-0.05, 0) is 119 Å². The quantitative estimate of drug-likeness (QED) is 0.135. The number of anilines is 6. The number of hydrogen-bond donors (Lipinski definition) is 0. The van der Waals surface area contributed by atoms with Crippen LogP contribution in [-0.2, 0) is 0 Å². The van der Waals surface area contributed by atoms with Crippen molar-refractivity contribution in [2.75, 3.05) is 16.9 Å². The molecular formula is C49H38N2O2. The van der Waals surface area contributed by atoms with E-state index in [-0.39, 0.29) is 0 Å². The molecule has 0 heterocycles. The largest absolute Gasteiger partial charge is 0.497 e. The summed E-state index contributed by atoms with van der Waals surface area (Å²) >= 11 is 0. The van der Waals surface area contributed by atoms with Crippen molar-refractivity contribution in [1.29, 1.82) is 0 Å². The van der Waals surface area contributed by atoms with E-state index in [2.05, 4.69) is 137 Å². The summed E-state index contributed by atoms with van der Waals surface area (Å²) in [5.41, 5.74) is 10.3. The first kappa shape index (κ1) is 31.9. The van der Waals surface area contributed by atoms with Crippen LogP contribution in [0.25, 0.3) is 22.3 Å². The van der Waals surface area contributed by atoms with Crippen molar-refractivity contribution in [2.24, 2.45) is 0 Å². The lowest BCUT2D eigenvalue weighted by atomic mass is 10.0. The molecule has 0 bridgehead atoms. The van der Waals surface area contributed by atoms with E-state index in [1.54, 1.807) is 13.2 Å². The molecule has 0 N–H and O–H groups in total. The molecule has 0 aliphatic rings. The molecule has 4 heteroatoms. The van der Waals surface area contributed by atoms with Crippen molar-refractivity contribution in [3.8, 4) is 39.5 Å². The molecule has 8 rings (SSSR count). The van der Waals surface area contributed by atoms with Gasteiger partial charge in [0.1, 0.15) is 17.2 Å². The van der Waals surface area contributed by atoms with Crippen LogP contribution in [0.1, 0.15) is 1.37 Å². The van der Waals surface area contributed by atoms with Gasteiger partial charge >= 0.3 is 0 Å². The maximum absolute atomic E-state index is 8.25. The lowest BCUT2D eigenvalue weighted by molar-refractivity contribution is 0.415. The predicted octanol–water partition coefficient (Wildman–Crippen LogP) is 13.8. The lowest BCUT2D eigenvalue weighted by Gasteiger charge is -2.27. The molecule has 256 valence electrons. The fraction of sp³-hybridized carbons (Fsp3) is 0.0204. The van der Waals surface area contributed by atoms with Crippen LogP contribution in [0.3, 0.4) is 0 Å². The first-order valence-electron chi connectivity index (χ1n) is 18.1. The van der Waals surface area contributed by atoms with Crippen LogP contribution >= 0.6 is 0 Å². The summed E-state index contributed by atoms with van der Waals surface area (Å²) in [4.78, 5) is 4.41. The van der Waals surface area contributed by atoms with Gasteiger partial charge in [-0.1, -0.05) is 109 Å². The molecule has 0 saturated heterocycles. The number of hydrogen-bond acceptors (Lipinski definition) is 4. The molecule has 0 spiro atoms. The molecule has 0 aliphatic carbocycles. The second-order valence-corrected chi connectivity index (χ2v) is 12.6. The lowest BCUT2D eigenvalue weighted by Crippen LogP contribution is -2.10. The number of methoxy groups -OCH3 is 1. The zero-order valence-electron chi connectivity index (χ0n) is 30.3. The average Bonchev–Trinajstić information content (AvgIpc) is 3.23. The molecule has 0 aliphatic heterocycles. The van der Waals surface area contributed by atoms with E-state index >= 15 is 0 Å².